The molecule has 2 heterocycles. The number of halogens is 1. The van der Waals surface area contributed by atoms with Crippen LogP contribution >= 0.6 is 11.6 Å². The minimum atomic E-state index is -0.351. The zero-order valence-corrected chi connectivity index (χ0v) is 11.7. The Labute approximate surface area is 126 Å². The zero-order valence-electron chi connectivity index (χ0n) is 10.9. The van der Waals surface area contributed by atoms with E-state index < -0.39 is 0 Å². The van der Waals surface area contributed by atoms with Gasteiger partial charge in [-0.3, -0.25) is 4.79 Å². The number of pyridine rings is 1. The van der Waals surface area contributed by atoms with Crippen molar-refractivity contribution in [3.63, 3.8) is 0 Å². The Morgan fingerprint density at radius 2 is 2.10 bits per heavy atom. The van der Waals surface area contributed by atoms with Gasteiger partial charge in [-0.1, -0.05) is 41.9 Å². The Hall–Kier alpha value is -2.58. The van der Waals surface area contributed by atoms with Gasteiger partial charge in [-0.05, 0) is 12.0 Å². The van der Waals surface area contributed by atoms with Crippen molar-refractivity contribution in [3.8, 4) is 6.07 Å². The molecule has 1 atom stereocenters. The molecule has 21 heavy (non-hydrogen) atoms. The second-order valence-corrected chi connectivity index (χ2v) is 5.14. The fraction of sp³-hybridized carbons (Fsp3) is 0.133. The Bertz CT molecular complexity index is 767. The van der Waals surface area contributed by atoms with Gasteiger partial charge in [0.2, 0.25) is 5.91 Å². The van der Waals surface area contributed by atoms with E-state index in [0.29, 0.717) is 17.7 Å². The van der Waals surface area contributed by atoms with Crippen LogP contribution in [0.3, 0.4) is 0 Å². The fourth-order valence-corrected chi connectivity index (χ4v) is 2.75. The van der Waals surface area contributed by atoms with Crippen LogP contribution in [0.25, 0.3) is 0 Å². The van der Waals surface area contributed by atoms with Gasteiger partial charge in [-0.25, -0.2) is 4.98 Å². The van der Waals surface area contributed by atoms with Gasteiger partial charge in [-0.2, -0.15) is 5.26 Å². The molecule has 0 saturated carbocycles. The Kier molecular flexibility index (Phi) is 3.24. The molecule has 0 fully saturated rings. The Morgan fingerprint density at radius 3 is 2.76 bits per heavy atom. The molecule has 0 bridgehead atoms. The van der Waals surface area contributed by atoms with Gasteiger partial charge in [0.1, 0.15) is 17.5 Å². The number of hydrogen-bond donors (Lipinski definition) is 2. The molecule has 104 valence electrons. The predicted octanol–water partition coefficient (Wildman–Crippen LogP) is 2.47. The van der Waals surface area contributed by atoms with Gasteiger partial charge in [0.05, 0.1) is 11.6 Å². The number of hydrogen-bond acceptors (Lipinski definition) is 4. The average Bonchev–Trinajstić information content (AvgIpc) is 2.48. The summed E-state index contributed by atoms with van der Waals surface area (Å²) in [7, 11) is 0. The van der Waals surface area contributed by atoms with Gasteiger partial charge >= 0.3 is 0 Å². The minimum absolute atomic E-state index is 0.00668. The van der Waals surface area contributed by atoms with Gasteiger partial charge in [-0.15, -0.1) is 0 Å². The Balaban J connectivity index is 2.11. The summed E-state index contributed by atoms with van der Waals surface area (Å²) in [5.74, 6) is -0.280. The molecule has 2 aromatic rings. The van der Waals surface area contributed by atoms with Crippen molar-refractivity contribution in [2.75, 3.05) is 11.1 Å². The summed E-state index contributed by atoms with van der Waals surface area (Å²) in [6, 6.07) is 11.4. The third-order valence-electron chi connectivity index (χ3n) is 3.57. The molecule has 3 rings (SSSR count). The number of amides is 1. The molecular formula is C15H11ClN4O. The van der Waals surface area contributed by atoms with Crippen molar-refractivity contribution in [2.24, 2.45) is 0 Å². The first-order valence-electron chi connectivity index (χ1n) is 6.35. The number of anilines is 2. The molecule has 0 spiro atoms. The monoisotopic (exact) mass is 298 g/mol. The van der Waals surface area contributed by atoms with Gasteiger partial charge < -0.3 is 11.1 Å². The minimum Gasteiger partial charge on any atom is -0.383 e. The lowest BCUT2D eigenvalue weighted by Crippen LogP contribution is -2.30. The van der Waals surface area contributed by atoms with Crippen molar-refractivity contribution in [2.45, 2.75) is 12.3 Å². The maximum atomic E-state index is 12.3. The summed E-state index contributed by atoms with van der Waals surface area (Å²) in [4.78, 5) is 16.3. The molecule has 1 unspecified atom stereocenters. The standard InChI is InChI=1S/C15H11ClN4O/c16-13-11(7-17)12-10(14(18)20-13)6-9(15(21)19-12)8-4-2-1-3-5-8/h1-5,9H,6H2,(H2,18,20)(H,19,21). The molecule has 0 saturated heterocycles. The summed E-state index contributed by atoms with van der Waals surface area (Å²) < 4.78 is 0. The number of fused-ring (bicyclic) bond motifs is 1. The lowest BCUT2D eigenvalue weighted by atomic mass is 9.87. The first kappa shape index (κ1) is 13.4. The normalized spacial score (nSPS) is 16.8. The smallest absolute Gasteiger partial charge is 0.232 e. The summed E-state index contributed by atoms with van der Waals surface area (Å²) in [5, 5.41) is 11.9. The van der Waals surface area contributed by atoms with E-state index in [-0.39, 0.29) is 28.4 Å². The molecule has 1 aromatic carbocycles. The van der Waals surface area contributed by atoms with E-state index in [4.69, 9.17) is 22.6 Å². The van der Waals surface area contributed by atoms with E-state index >= 15 is 0 Å². The first-order valence-corrected chi connectivity index (χ1v) is 6.73. The summed E-state index contributed by atoms with van der Waals surface area (Å²) in [6.45, 7) is 0. The molecule has 0 radical (unpaired) electrons. The number of carbonyl (C=O) groups excluding carboxylic acids is 1. The Morgan fingerprint density at radius 1 is 1.38 bits per heavy atom. The van der Waals surface area contributed by atoms with Crippen LogP contribution in [0.4, 0.5) is 11.5 Å². The quantitative estimate of drug-likeness (QED) is 0.791. The van der Waals surface area contributed by atoms with E-state index in [2.05, 4.69) is 10.3 Å². The predicted molar refractivity (Wildman–Crippen MR) is 79.9 cm³/mol. The van der Waals surface area contributed by atoms with E-state index in [9.17, 15) is 4.79 Å². The number of carbonyl (C=O) groups is 1. The molecule has 1 aliphatic rings. The van der Waals surface area contributed by atoms with E-state index in [1.54, 1.807) is 0 Å². The maximum absolute atomic E-state index is 12.3. The lowest BCUT2D eigenvalue weighted by molar-refractivity contribution is -0.117. The molecule has 1 amide bonds. The maximum Gasteiger partial charge on any atom is 0.232 e. The highest BCUT2D eigenvalue weighted by Gasteiger charge is 2.32. The van der Waals surface area contributed by atoms with Crippen LogP contribution in [-0.4, -0.2) is 10.9 Å². The van der Waals surface area contributed by atoms with Crippen LogP contribution in [0.2, 0.25) is 5.15 Å². The number of nitriles is 1. The fourth-order valence-electron chi connectivity index (χ4n) is 2.52. The highest BCUT2D eigenvalue weighted by Crippen LogP contribution is 2.38. The number of nitrogens with one attached hydrogen (secondary N) is 1. The lowest BCUT2D eigenvalue weighted by Gasteiger charge is -2.26. The van der Waals surface area contributed by atoms with Crippen molar-refractivity contribution in [1.29, 1.82) is 5.26 Å². The highest BCUT2D eigenvalue weighted by atomic mass is 35.5. The SMILES string of the molecule is N#Cc1c(Cl)nc(N)c2c1NC(=O)C(c1ccccc1)C2. The molecule has 5 nitrogen and oxygen atoms in total. The van der Waals surface area contributed by atoms with Crippen LogP contribution < -0.4 is 11.1 Å². The molecule has 6 heteroatoms. The topological polar surface area (TPSA) is 91.8 Å². The summed E-state index contributed by atoms with van der Waals surface area (Å²) >= 11 is 5.90. The third kappa shape index (κ3) is 2.20. The van der Waals surface area contributed by atoms with Gasteiger partial charge in [0, 0.05) is 5.56 Å². The first-order chi connectivity index (χ1) is 10.1. The van der Waals surface area contributed by atoms with Gasteiger partial charge in [0.25, 0.3) is 0 Å². The molecule has 0 aliphatic carbocycles. The highest BCUT2D eigenvalue weighted by molar-refractivity contribution is 6.31. The second kappa shape index (κ2) is 5.08. The zero-order chi connectivity index (χ0) is 15.0. The number of aromatic nitrogens is 1. The number of benzene rings is 1. The van der Waals surface area contributed by atoms with Crippen molar-refractivity contribution in [1.82, 2.24) is 4.98 Å². The summed E-state index contributed by atoms with van der Waals surface area (Å²) in [6.07, 6.45) is 0.399. The third-order valence-corrected chi connectivity index (χ3v) is 3.85. The van der Waals surface area contributed by atoms with Crippen LogP contribution in [-0.2, 0) is 11.2 Å². The van der Waals surface area contributed by atoms with Crippen LogP contribution in [0.5, 0.6) is 0 Å². The van der Waals surface area contributed by atoms with Crippen LogP contribution in [0.15, 0.2) is 30.3 Å². The summed E-state index contributed by atoms with van der Waals surface area (Å²) in [5.41, 5.74) is 7.98. The van der Waals surface area contributed by atoms with E-state index in [1.165, 1.54) is 0 Å². The largest absolute Gasteiger partial charge is 0.383 e. The second-order valence-electron chi connectivity index (χ2n) is 4.78. The van der Waals surface area contributed by atoms with Crippen LogP contribution in [0.1, 0.15) is 22.6 Å². The molecule has 1 aliphatic heterocycles. The van der Waals surface area contributed by atoms with Crippen molar-refractivity contribution in [3.05, 3.63) is 52.2 Å². The van der Waals surface area contributed by atoms with E-state index in [0.717, 1.165) is 5.56 Å². The van der Waals surface area contributed by atoms with E-state index in [1.807, 2.05) is 36.4 Å². The van der Waals surface area contributed by atoms with Crippen molar-refractivity contribution >= 4 is 29.0 Å². The number of rotatable bonds is 1. The number of nitrogens with two attached hydrogens (primary N) is 1. The molecule has 3 N–H and O–H groups in total. The number of nitrogen functional groups attached to an aromatic ring is 1. The molecule has 1 aromatic heterocycles. The average molecular weight is 299 g/mol. The van der Waals surface area contributed by atoms with Crippen LogP contribution in [0, 0.1) is 11.3 Å². The van der Waals surface area contributed by atoms with Gasteiger partial charge in [0.15, 0.2) is 5.15 Å². The van der Waals surface area contributed by atoms with Crippen molar-refractivity contribution < 1.29 is 4.79 Å². The number of nitrogens with zero attached hydrogens (tertiary/aromatic N) is 2. The molecular weight excluding hydrogens is 288 g/mol.